The number of amides is 3. The van der Waals surface area contributed by atoms with Crippen LogP contribution in [-0.2, 0) is 9.59 Å². The van der Waals surface area contributed by atoms with Crippen molar-refractivity contribution in [2.24, 2.45) is 5.92 Å². The first kappa shape index (κ1) is 21.5. The van der Waals surface area contributed by atoms with Crippen molar-refractivity contribution in [2.45, 2.75) is 26.2 Å². The lowest BCUT2D eigenvalue weighted by Gasteiger charge is -2.33. The number of carbonyl (C=O) groups is 3. The molecule has 0 unspecified atom stereocenters. The van der Waals surface area contributed by atoms with Crippen molar-refractivity contribution in [1.29, 1.82) is 0 Å². The van der Waals surface area contributed by atoms with Crippen molar-refractivity contribution in [3.05, 3.63) is 23.8 Å². The molecule has 0 aliphatic carbocycles. The van der Waals surface area contributed by atoms with Crippen molar-refractivity contribution in [3.63, 3.8) is 0 Å². The molecule has 1 saturated heterocycles. The van der Waals surface area contributed by atoms with Crippen LogP contribution in [0.3, 0.4) is 0 Å². The summed E-state index contributed by atoms with van der Waals surface area (Å²) in [7, 11) is 3.08. The van der Waals surface area contributed by atoms with Crippen molar-refractivity contribution < 1.29 is 23.9 Å². The van der Waals surface area contributed by atoms with Gasteiger partial charge in [-0.05, 0) is 30.9 Å². The maximum absolute atomic E-state index is 12.5. The van der Waals surface area contributed by atoms with Gasteiger partial charge in [-0.15, -0.1) is 0 Å². The van der Waals surface area contributed by atoms with E-state index in [0.29, 0.717) is 43.1 Å². The monoisotopic (exact) mass is 391 g/mol. The zero-order valence-corrected chi connectivity index (χ0v) is 16.7. The van der Waals surface area contributed by atoms with Crippen LogP contribution in [-0.4, -0.2) is 63.0 Å². The number of carbonyl (C=O) groups excluding carboxylic acids is 3. The van der Waals surface area contributed by atoms with Crippen LogP contribution in [0.15, 0.2) is 18.2 Å². The number of nitrogens with one attached hydrogen (secondary N) is 2. The third-order valence-corrected chi connectivity index (χ3v) is 4.75. The fraction of sp³-hybridized carbons (Fsp3) is 0.550. The van der Waals surface area contributed by atoms with E-state index in [1.165, 1.54) is 21.1 Å². The number of nitrogens with zero attached hydrogens (tertiary/aromatic N) is 1. The lowest BCUT2D eigenvalue weighted by Crippen LogP contribution is -2.44. The number of methoxy groups -OCH3 is 2. The van der Waals surface area contributed by atoms with Crippen molar-refractivity contribution in [3.8, 4) is 11.5 Å². The molecule has 8 heteroatoms. The number of piperidine rings is 1. The smallest absolute Gasteiger partial charge is 0.251 e. The van der Waals surface area contributed by atoms with E-state index in [4.69, 9.17) is 9.47 Å². The maximum Gasteiger partial charge on any atom is 0.251 e. The Hall–Kier alpha value is -2.77. The number of rotatable bonds is 8. The summed E-state index contributed by atoms with van der Waals surface area (Å²) in [6, 6.07) is 5.04. The van der Waals surface area contributed by atoms with Crippen LogP contribution in [0.5, 0.6) is 11.5 Å². The Balaban J connectivity index is 1.85. The van der Waals surface area contributed by atoms with E-state index < -0.39 is 0 Å². The van der Waals surface area contributed by atoms with Gasteiger partial charge in [0.1, 0.15) is 11.5 Å². The molecule has 28 heavy (non-hydrogen) atoms. The predicted molar refractivity (Wildman–Crippen MR) is 104 cm³/mol. The van der Waals surface area contributed by atoms with Gasteiger partial charge in [0.2, 0.25) is 11.8 Å². The second-order valence-electron chi connectivity index (χ2n) is 6.89. The van der Waals surface area contributed by atoms with Gasteiger partial charge in [-0.2, -0.15) is 0 Å². The first-order valence-corrected chi connectivity index (χ1v) is 9.46. The molecule has 0 aromatic heterocycles. The van der Waals surface area contributed by atoms with Crippen LogP contribution >= 0.6 is 0 Å². The molecule has 1 aromatic rings. The van der Waals surface area contributed by atoms with E-state index in [2.05, 4.69) is 10.6 Å². The van der Waals surface area contributed by atoms with Crippen LogP contribution < -0.4 is 20.1 Å². The molecule has 0 bridgehead atoms. The van der Waals surface area contributed by atoms with Gasteiger partial charge in [-0.1, -0.05) is 0 Å². The lowest BCUT2D eigenvalue weighted by molar-refractivity contribution is -0.132. The molecule has 1 atom stereocenters. The lowest BCUT2D eigenvalue weighted by atomic mass is 9.97. The first-order valence-electron chi connectivity index (χ1n) is 9.46. The zero-order valence-electron chi connectivity index (χ0n) is 16.7. The Labute approximate surface area is 165 Å². The molecule has 0 radical (unpaired) electrons. The van der Waals surface area contributed by atoms with E-state index in [-0.39, 0.29) is 23.6 Å². The molecule has 0 spiro atoms. The SMILES string of the molecule is COc1cc(OC)cc(C(=O)NC[C@H]2CCCN(C(=O)CCNC(C)=O)C2)c1. The Morgan fingerprint density at radius 2 is 1.79 bits per heavy atom. The van der Waals surface area contributed by atoms with Crippen molar-refractivity contribution in [1.82, 2.24) is 15.5 Å². The van der Waals surface area contributed by atoms with Crippen LogP contribution in [0.25, 0.3) is 0 Å². The number of likely N-dealkylation sites (tertiary alicyclic amines) is 1. The topological polar surface area (TPSA) is 97.0 Å². The summed E-state index contributed by atoms with van der Waals surface area (Å²) >= 11 is 0. The number of benzene rings is 1. The summed E-state index contributed by atoms with van der Waals surface area (Å²) in [4.78, 5) is 37.5. The molecule has 1 aliphatic rings. The summed E-state index contributed by atoms with van der Waals surface area (Å²) in [5.74, 6) is 1.00. The molecule has 0 saturated carbocycles. The number of hydrogen-bond acceptors (Lipinski definition) is 5. The summed E-state index contributed by atoms with van der Waals surface area (Å²) < 4.78 is 10.4. The van der Waals surface area contributed by atoms with Crippen LogP contribution in [0, 0.1) is 5.92 Å². The average molecular weight is 391 g/mol. The van der Waals surface area contributed by atoms with Gasteiger partial charge in [-0.3, -0.25) is 14.4 Å². The standard InChI is InChI=1S/C20H29N3O5/c1-14(24)21-7-6-19(25)23-8-4-5-15(13-23)12-22-20(26)16-9-17(27-2)11-18(10-16)28-3/h9-11,15H,4-8,12-13H2,1-3H3,(H,21,24)(H,22,26)/t15-/m1/s1. The van der Waals surface area contributed by atoms with Crippen molar-refractivity contribution >= 4 is 17.7 Å². The molecular formula is C20H29N3O5. The highest BCUT2D eigenvalue weighted by atomic mass is 16.5. The summed E-state index contributed by atoms with van der Waals surface area (Å²) in [6.45, 7) is 3.61. The van der Waals surface area contributed by atoms with Gasteiger partial charge in [-0.25, -0.2) is 0 Å². The van der Waals surface area contributed by atoms with Crippen LogP contribution in [0.1, 0.15) is 36.5 Å². The Bertz CT molecular complexity index is 685. The third kappa shape index (κ3) is 6.44. The van der Waals surface area contributed by atoms with Gasteiger partial charge in [0.15, 0.2) is 0 Å². The minimum absolute atomic E-state index is 0.0299. The number of hydrogen-bond donors (Lipinski definition) is 2. The molecule has 3 amide bonds. The normalized spacial score (nSPS) is 16.2. The van der Waals surface area contributed by atoms with E-state index in [1.807, 2.05) is 4.90 Å². The highest BCUT2D eigenvalue weighted by Crippen LogP contribution is 2.23. The highest BCUT2D eigenvalue weighted by Gasteiger charge is 2.24. The average Bonchev–Trinajstić information content (AvgIpc) is 2.71. The quantitative estimate of drug-likeness (QED) is 0.694. The molecular weight excluding hydrogens is 362 g/mol. The van der Waals surface area contributed by atoms with E-state index in [9.17, 15) is 14.4 Å². The largest absolute Gasteiger partial charge is 0.497 e. The maximum atomic E-state index is 12.5. The van der Waals surface area contributed by atoms with E-state index in [0.717, 1.165) is 19.4 Å². The third-order valence-electron chi connectivity index (χ3n) is 4.75. The highest BCUT2D eigenvalue weighted by molar-refractivity contribution is 5.95. The second kappa shape index (κ2) is 10.5. The Morgan fingerprint density at radius 3 is 2.39 bits per heavy atom. The predicted octanol–water partition coefficient (Wildman–Crippen LogP) is 1.20. The number of ether oxygens (including phenoxy) is 2. The Morgan fingerprint density at radius 1 is 1.11 bits per heavy atom. The molecule has 1 aromatic carbocycles. The van der Waals surface area contributed by atoms with Crippen LogP contribution in [0.2, 0.25) is 0 Å². The van der Waals surface area contributed by atoms with Gasteiger partial charge in [0.25, 0.3) is 5.91 Å². The molecule has 1 heterocycles. The first-order chi connectivity index (χ1) is 13.4. The van der Waals surface area contributed by atoms with Crippen LogP contribution in [0.4, 0.5) is 0 Å². The molecule has 8 nitrogen and oxygen atoms in total. The fourth-order valence-corrected chi connectivity index (χ4v) is 3.24. The fourth-order valence-electron chi connectivity index (χ4n) is 3.24. The molecule has 2 rings (SSSR count). The summed E-state index contributed by atoms with van der Waals surface area (Å²) in [6.07, 6.45) is 2.15. The molecule has 2 N–H and O–H groups in total. The van der Waals surface area contributed by atoms with Gasteiger partial charge in [0, 0.05) is 51.2 Å². The van der Waals surface area contributed by atoms with Crippen molar-refractivity contribution in [2.75, 3.05) is 40.4 Å². The second-order valence-corrected chi connectivity index (χ2v) is 6.89. The summed E-state index contributed by atoms with van der Waals surface area (Å²) in [5.41, 5.74) is 0.468. The van der Waals surface area contributed by atoms with Gasteiger partial charge < -0.3 is 25.0 Å². The summed E-state index contributed by atoms with van der Waals surface area (Å²) in [5, 5.41) is 5.58. The molecule has 1 fully saturated rings. The van der Waals surface area contributed by atoms with E-state index >= 15 is 0 Å². The van der Waals surface area contributed by atoms with Gasteiger partial charge >= 0.3 is 0 Å². The molecule has 1 aliphatic heterocycles. The minimum Gasteiger partial charge on any atom is -0.497 e. The molecule has 154 valence electrons. The Kier molecular flexibility index (Phi) is 8.10. The van der Waals surface area contributed by atoms with E-state index in [1.54, 1.807) is 18.2 Å². The minimum atomic E-state index is -0.202. The van der Waals surface area contributed by atoms with Gasteiger partial charge in [0.05, 0.1) is 14.2 Å². The zero-order chi connectivity index (χ0) is 20.5.